The Balaban J connectivity index is 4.34. The molecule has 16 heavy (non-hydrogen) atoms. The molecule has 0 aromatic rings. The number of alkyl halides is 3. The monoisotopic (exact) mass is 243 g/mol. The first-order chi connectivity index (χ1) is 7.30. The fourth-order valence-electron chi connectivity index (χ4n) is 1.27. The summed E-state index contributed by atoms with van der Waals surface area (Å²) in [5.74, 6) is -0.572. The Kier molecular flexibility index (Phi) is 6.35. The topological polar surface area (TPSA) is 49.8 Å². The number of aliphatic hydroxyl groups is 1. The minimum atomic E-state index is -4.35. The second-order valence-electron chi connectivity index (χ2n) is 3.44. The van der Waals surface area contributed by atoms with Crippen LogP contribution in [0.25, 0.3) is 0 Å². The second kappa shape index (κ2) is 6.70. The quantitative estimate of drug-likeness (QED) is 0.701. The van der Waals surface area contributed by atoms with Crippen LogP contribution < -0.4 is 0 Å². The maximum absolute atomic E-state index is 12.2. The molecule has 1 unspecified atom stereocenters. The molecule has 0 radical (unpaired) electrons. The molecule has 0 aromatic heterocycles. The zero-order valence-corrected chi connectivity index (χ0v) is 9.25. The van der Waals surface area contributed by atoms with Gasteiger partial charge in [-0.15, -0.1) is 0 Å². The number of methoxy groups -OCH3 is 1. The number of rotatable bonds is 6. The highest BCUT2D eigenvalue weighted by atomic mass is 19.4. The number of aliphatic hydroxyl groups excluding tert-OH is 1. The van der Waals surface area contributed by atoms with E-state index in [0.717, 1.165) is 4.90 Å². The van der Waals surface area contributed by atoms with Crippen LogP contribution in [-0.4, -0.2) is 55.0 Å². The Bertz CT molecular complexity index is 221. The molecule has 0 bridgehead atoms. The molecule has 0 amide bonds. The predicted molar refractivity (Wildman–Crippen MR) is 50.8 cm³/mol. The Hall–Kier alpha value is -0.820. The molecular weight excluding hydrogens is 227 g/mol. The third-order valence-corrected chi connectivity index (χ3v) is 2.08. The Morgan fingerprint density at radius 1 is 1.50 bits per heavy atom. The minimum absolute atomic E-state index is 0.127. The van der Waals surface area contributed by atoms with Gasteiger partial charge in [-0.1, -0.05) is 0 Å². The van der Waals surface area contributed by atoms with Crippen molar-refractivity contribution in [2.75, 3.05) is 26.8 Å². The Labute approximate surface area is 92.0 Å². The van der Waals surface area contributed by atoms with E-state index in [1.165, 1.54) is 14.0 Å². The van der Waals surface area contributed by atoms with E-state index in [9.17, 15) is 18.0 Å². The zero-order valence-electron chi connectivity index (χ0n) is 9.25. The summed E-state index contributed by atoms with van der Waals surface area (Å²) in [6, 6.07) is -0.624. The van der Waals surface area contributed by atoms with Crippen molar-refractivity contribution in [3.63, 3.8) is 0 Å². The number of carbonyl (C=O) groups is 1. The van der Waals surface area contributed by atoms with Crippen LogP contribution >= 0.6 is 0 Å². The van der Waals surface area contributed by atoms with Crippen molar-refractivity contribution >= 4 is 5.97 Å². The molecule has 7 heteroatoms. The van der Waals surface area contributed by atoms with Gasteiger partial charge in [0, 0.05) is 12.6 Å². The average Bonchev–Trinajstić information content (AvgIpc) is 2.14. The molecule has 0 heterocycles. The van der Waals surface area contributed by atoms with Crippen molar-refractivity contribution in [3.8, 4) is 0 Å². The second-order valence-corrected chi connectivity index (χ2v) is 3.44. The highest BCUT2D eigenvalue weighted by Crippen LogP contribution is 2.18. The summed E-state index contributed by atoms with van der Waals surface area (Å²) in [6.45, 7) is -0.177. The van der Waals surface area contributed by atoms with Crippen LogP contribution in [0, 0.1) is 0 Å². The summed E-state index contributed by atoms with van der Waals surface area (Å²) < 4.78 is 40.9. The summed E-state index contributed by atoms with van der Waals surface area (Å²) in [7, 11) is 1.18. The molecule has 0 spiro atoms. The average molecular weight is 243 g/mol. The van der Waals surface area contributed by atoms with Gasteiger partial charge in [-0.05, 0) is 6.92 Å². The first-order valence-corrected chi connectivity index (χ1v) is 4.78. The van der Waals surface area contributed by atoms with Gasteiger partial charge in [0.2, 0.25) is 0 Å². The summed E-state index contributed by atoms with van der Waals surface area (Å²) in [5.41, 5.74) is 0. The van der Waals surface area contributed by atoms with E-state index < -0.39 is 24.7 Å². The Morgan fingerprint density at radius 3 is 2.44 bits per heavy atom. The summed E-state index contributed by atoms with van der Waals surface area (Å²) in [5, 5.41) is 8.65. The fourth-order valence-corrected chi connectivity index (χ4v) is 1.27. The van der Waals surface area contributed by atoms with Crippen molar-refractivity contribution < 1.29 is 27.8 Å². The molecule has 1 N–H and O–H groups in total. The van der Waals surface area contributed by atoms with Crippen molar-refractivity contribution in [2.24, 2.45) is 0 Å². The van der Waals surface area contributed by atoms with Gasteiger partial charge < -0.3 is 9.84 Å². The van der Waals surface area contributed by atoms with Gasteiger partial charge in [0.25, 0.3) is 0 Å². The first kappa shape index (κ1) is 15.2. The van der Waals surface area contributed by atoms with Crippen molar-refractivity contribution in [3.05, 3.63) is 0 Å². The third-order valence-electron chi connectivity index (χ3n) is 2.08. The molecule has 4 nitrogen and oxygen atoms in total. The van der Waals surface area contributed by atoms with Gasteiger partial charge in [0.15, 0.2) is 0 Å². The van der Waals surface area contributed by atoms with E-state index in [0.29, 0.717) is 0 Å². The molecule has 0 aliphatic carbocycles. The minimum Gasteiger partial charge on any atom is -0.469 e. The highest BCUT2D eigenvalue weighted by Gasteiger charge is 2.32. The zero-order chi connectivity index (χ0) is 12.8. The standard InChI is InChI=1S/C9H16F3NO3/c1-7(5-8(15)16-2)13(3-4-14)6-9(10,11)12/h7,14H,3-6H2,1-2H3. The van der Waals surface area contributed by atoms with E-state index in [4.69, 9.17) is 5.11 Å². The molecule has 0 saturated carbocycles. The smallest absolute Gasteiger partial charge is 0.401 e. The molecule has 96 valence electrons. The molecule has 1 atom stereocenters. The van der Waals surface area contributed by atoms with Crippen molar-refractivity contribution in [1.29, 1.82) is 0 Å². The largest absolute Gasteiger partial charge is 0.469 e. The number of hydrogen-bond acceptors (Lipinski definition) is 4. The van der Waals surface area contributed by atoms with Crippen LogP contribution in [0.4, 0.5) is 13.2 Å². The SMILES string of the molecule is COC(=O)CC(C)N(CCO)CC(F)(F)F. The number of esters is 1. The van der Waals surface area contributed by atoms with E-state index in [-0.39, 0.29) is 19.6 Å². The number of hydrogen-bond donors (Lipinski definition) is 1. The first-order valence-electron chi connectivity index (χ1n) is 4.78. The Morgan fingerprint density at radius 2 is 2.06 bits per heavy atom. The summed E-state index contributed by atoms with van der Waals surface area (Å²) >= 11 is 0. The molecule has 0 aliphatic heterocycles. The summed E-state index contributed by atoms with van der Waals surface area (Å²) in [6.07, 6.45) is -4.48. The molecule has 0 fully saturated rings. The molecule has 0 aromatic carbocycles. The van der Waals surface area contributed by atoms with Gasteiger partial charge in [-0.2, -0.15) is 13.2 Å². The number of nitrogens with zero attached hydrogens (tertiary/aromatic N) is 1. The number of ether oxygens (including phenoxy) is 1. The van der Waals surface area contributed by atoms with Crippen LogP contribution in [0.2, 0.25) is 0 Å². The molecule has 0 saturated heterocycles. The van der Waals surface area contributed by atoms with Crippen LogP contribution in [-0.2, 0) is 9.53 Å². The lowest BCUT2D eigenvalue weighted by Gasteiger charge is -2.28. The normalized spacial score (nSPS) is 13.9. The molecular formula is C9H16F3NO3. The van der Waals surface area contributed by atoms with Crippen LogP contribution in [0.1, 0.15) is 13.3 Å². The van der Waals surface area contributed by atoms with Gasteiger partial charge >= 0.3 is 12.1 Å². The van der Waals surface area contributed by atoms with Crippen molar-refractivity contribution in [1.82, 2.24) is 4.90 Å². The van der Waals surface area contributed by atoms with E-state index in [1.807, 2.05) is 0 Å². The van der Waals surface area contributed by atoms with E-state index in [2.05, 4.69) is 4.74 Å². The maximum Gasteiger partial charge on any atom is 0.401 e. The predicted octanol–water partition coefficient (Wildman–Crippen LogP) is 0.795. The lowest BCUT2D eigenvalue weighted by Crippen LogP contribution is -2.43. The number of carbonyl (C=O) groups excluding carboxylic acids is 1. The van der Waals surface area contributed by atoms with Crippen LogP contribution in [0.5, 0.6) is 0 Å². The third kappa shape index (κ3) is 6.62. The van der Waals surface area contributed by atoms with Crippen LogP contribution in [0.3, 0.4) is 0 Å². The van der Waals surface area contributed by atoms with Gasteiger partial charge in [0.1, 0.15) is 0 Å². The van der Waals surface area contributed by atoms with Gasteiger partial charge in [0.05, 0.1) is 26.7 Å². The number of halogens is 3. The van der Waals surface area contributed by atoms with Crippen LogP contribution in [0.15, 0.2) is 0 Å². The van der Waals surface area contributed by atoms with Crippen molar-refractivity contribution in [2.45, 2.75) is 25.6 Å². The summed E-state index contributed by atoms with van der Waals surface area (Å²) in [4.78, 5) is 11.9. The van der Waals surface area contributed by atoms with E-state index in [1.54, 1.807) is 0 Å². The highest BCUT2D eigenvalue weighted by molar-refractivity contribution is 5.69. The van der Waals surface area contributed by atoms with Gasteiger partial charge in [-0.3, -0.25) is 9.69 Å². The maximum atomic E-state index is 12.2. The molecule has 0 rings (SSSR count). The molecule has 0 aliphatic rings. The lowest BCUT2D eigenvalue weighted by molar-refractivity contribution is -0.156. The van der Waals surface area contributed by atoms with Gasteiger partial charge in [-0.25, -0.2) is 0 Å². The van der Waals surface area contributed by atoms with E-state index >= 15 is 0 Å². The lowest BCUT2D eigenvalue weighted by atomic mass is 10.2. The fraction of sp³-hybridized carbons (Fsp3) is 0.889.